The van der Waals surface area contributed by atoms with Gasteiger partial charge in [-0.25, -0.2) is 0 Å². The molecule has 0 bridgehead atoms. The molecule has 0 aromatic heterocycles. The van der Waals surface area contributed by atoms with E-state index >= 15 is 0 Å². The summed E-state index contributed by atoms with van der Waals surface area (Å²) >= 11 is 1.81. The van der Waals surface area contributed by atoms with Crippen LogP contribution in [0.5, 0.6) is 0 Å². The molecule has 0 aliphatic heterocycles. The summed E-state index contributed by atoms with van der Waals surface area (Å²) in [4.78, 5) is 1.27. The molecular formula is C18H18N2S. The van der Waals surface area contributed by atoms with Crippen molar-refractivity contribution in [2.45, 2.75) is 36.1 Å². The molecule has 0 radical (unpaired) electrons. The molecular weight excluding hydrogens is 276 g/mol. The van der Waals surface area contributed by atoms with Gasteiger partial charge in [0, 0.05) is 23.2 Å². The highest BCUT2D eigenvalue weighted by atomic mass is 32.2. The van der Waals surface area contributed by atoms with Crippen LogP contribution in [0.1, 0.15) is 29.5 Å². The van der Waals surface area contributed by atoms with Crippen molar-refractivity contribution < 1.29 is 0 Å². The summed E-state index contributed by atoms with van der Waals surface area (Å²) < 4.78 is 0. The lowest BCUT2D eigenvalue weighted by atomic mass is 10.2. The molecule has 0 saturated heterocycles. The number of nitrogens with zero attached hydrogens (tertiary/aromatic N) is 1. The molecule has 0 amide bonds. The van der Waals surface area contributed by atoms with Crippen molar-refractivity contribution in [2.24, 2.45) is 0 Å². The van der Waals surface area contributed by atoms with Gasteiger partial charge in [0.25, 0.3) is 0 Å². The molecule has 0 unspecified atom stereocenters. The molecule has 0 atom stereocenters. The highest BCUT2D eigenvalue weighted by molar-refractivity contribution is 7.98. The fourth-order valence-corrected chi connectivity index (χ4v) is 2.99. The lowest BCUT2D eigenvalue weighted by Crippen LogP contribution is -2.14. The van der Waals surface area contributed by atoms with E-state index in [-0.39, 0.29) is 0 Å². The second-order valence-electron chi connectivity index (χ2n) is 5.40. The molecule has 3 heteroatoms. The van der Waals surface area contributed by atoms with E-state index < -0.39 is 0 Å². The Bertz CT molecular complexity index is 639. The highest BCUT2D eigenvalue weighted by Crippen LogP contribution is 2.24. The van der Waals surface area contributed by atoms with Crippen LogP contribution in [0.15, 0.2) is 53.4 Å². The molecule has 0 spiro atoms. The van der Waals surface area contributed by atoms with E-state index in [4.69, 9.17) is 5.26 Å². The van der Waals surface area contributed by atoms with Gasteiger partial charge in [0.1, 0.15) is 0 Å². The van der Waals surface area contributed by atoms with Crippen LogP contribution in [-0.2, 0) is 12.3 Å². The first kappa shape index (κ1) is 14.2. The van der Waals surface area contributed by atoms with Gasteiger partial charge in [0.05, 0.1) is 11.6 Å². The molecule has 2 aromatic carbocycles. The first-order valence-electron chi connectivity index (χ1n) is 7.27. The number of nitrogens with one attached hydrogen (secondary N) is 1. The van der Waals surface area contributed by atoms with Crippen molar-refractivity contribution in [2.75, 3.05) is 0 Å². The Kier molecular flexibility index (Phi) is 4.59. The van der Waals surface area contributed by atoms with Gasteiger partial charge in [0.15, 0.2) is 0 Å². The van der Waals surface area contributed by atoms with E-state index in [1.165, 1.54) is 28.9 Å². The maximum absolute atomic E-state index is 8.91. The first-order chi connectivity index (χ1) is 10.3. The van der Waals surface area contributed by atoms with Crippen LogP contribution in [0.25, 0.3) is 0 Å². The SMILES string of the molecule is N#Cc1cccc(CSc2ccc(CNC3CC3)cc2)c1. The Labute approximate surface area is 130 Å². The number of thioether (sulfide) groups is 1. The number of rotatable bonds is 6. The van der Waals surface area contributed by atoms with Gasteiger partial charge in [-0.15, -0.1) is 11.8 Å². The molecule has 21 heavy (non-hydrogen) atoms. The predicted octanol–water partition coefficient (Wildman–Crippen LogP) is 4.10. The fourth-order valence-electron chi connectivity index (χ4n) is 2.15. The van der Waals surface area contributed by atoms with E-state index in [1.54, 1.807) is 0 Å². The summed E-state index contributed by atoms with van der Waals surface area (Å²) in [6.45, 7) is 0.972. The van der Waals surface area contributed by atoms with Crippen LogP contribution in [-0.4, -0.2) is 6.04 Å². The highest BCUT2D eigenvalue weighted by Gasteiger charge is 2.19. The van der Waals surface area contributed by atoms with Crippen LogP contribution in [0, 0.1) is 11.3 Å². The summed E-state index contributed by atoms with van der Waals surface area (Å²) in [5.41, 5.74) is 3.27. The number of hydrogen-bond donors (Lipinski definition) is 1. The summed E-state index contributed by atoms with van der Waals surface area (Å²) in [6.07, 6.45) is 2.66. The van der Waals surface area contributed by atoms with Crippen molar-refractivity contribution in [3.05, 3.63) is 65.2 Å². The van der Waals surface area contributed by atoms with E-state index in [2.05, 4.69) is 41.7 Å². The van der Waals surface area contributed by atoms with Gasteiger partial charge in [-0.2, -0.15) is 5.26 Å². The molecule has 1 aliphatic carbocycles. The standard InChI is InChI=1S/C18H18N2S/c19-11-15-2-1-3-16(10-15)13-21-18-8-4-14(5-9-18)12-20-17-6-7-17/h1-5,8-10,17,20H,6-7,12-13H2. The molecule has 3 rings (SSSR count). The Morgan fingerprint density at radius 2 is 1.90 bits per heavy atom. The first-order valence-corrected chi connectivity index (χ1v) is 8.26. The Balaban J connectivity index is 1.53. The van der Waals surface area contributed by atoms with Crippen molar-refractivity contribution in [1.29, 1.82) is 5.26 Å². The molecule has 0 heterocycles. The maximum atomic E-state index is 8.91. The third-order valence-electron chi connectivity index (χ3n) is 3.56. The normalized spacial score (nSPS) is 13.9. The number of benzene rings is 2. The van der Waals surface area contributed by atoms with E-state index in [1.807, 2.05) is 30.0 Å². The zero-order valence-corrected chi connectivity index (χ0v) is 12.7. The van der Waals surface area contributed by atoms with Crippen LogP contribution < -0.4 is 5.32 Å². The van der Waals surface area contributed by atoms with E-state index in [0.717, 1.165) is 23.9 Å². The van der Waals surface area contributed by atoms with Crippen LogP contribution in [0.2, 0.25) is 0 Å². The minimum absolute atomic E-state index is 0.731. The lowest BCUT2D eigenvalue weighted by Gasteiger charge is -2.06. The fraction of sp³-hybridized carbons (Fsp3) is 0.278. The van der Waals surface area contributed by atoms with Crippen molar-refractivity contribution in [3.8, 4) is 6.07 Å². The molecule has 106 valence electrons. The quantitative estimate of drug-likeness (QED) is 0.815. The minimum atomic E-state index is 0.731. The van der Waals surface area contributed by atoms with E-state index in [0.29, 0.717) is 0 Å². The Morgan fingerprint density at radius 1 is 1.10 bits per heavy atom. The average Bonchev–Trinajstić information content (AvgIpc) is 3.36. The monoisotopic (exact) mass is 294 g/mol. The second kappa shape index (κ2) is 6.80. The van der Waals surface area contributed by atoms with Gasteiger partial charge < -0.3 is 5.32 Å². The predicted molar refractivity (Wildman–Crippen MR) is 87.0 cm³/mol. The zero-order valence-electron chi connectivity index (χ0n) is 11.9. The summed E-state index contributed by atoms with van der Waals surface area (Å²) in [7, 11) is 0. The Morgan fingerprint density at radius 3 is 2.62 bits per heavy atom. The van der Waals surface area contributed by atoms with Gasteiger partial charge in [-0.1, -0.05) is 24.3 Å². The van der Waals surface area contributed by atoms with Crippen molar-refractivity contribution in [1.82, 2.24) is 5.32 Å². The molecule has 1 aliphatic rings. The van der Waals surface area contributed by atoms with E-state index in [9.17, 15) is 0 Å². The summed E-state index contributed by atoms with van der Waals surface area (Å²) in [6, 6.07) is 19.5. The van der Waals surface area contributed by atoms with Crippen LogP contribution >= 0.6 is 11.8 Å². The van der Waals surface area contributed by atoms with Crippen LogP contribution in [0.4, 0.5) is 0 Å². The van der Waals surface area contributed by atoms with Gasteiger partial charge in [0.2, 0.25) is 0 Å². The van der Waals surface area contributed by atoms with Crippen molar-refractivity contribution >= 4 is 11.8 Å². The average molecular weight is 294 g/mol. The second-order valence-corrected chi connectivity index (χ2v) is 6.45. The third kappa shape index (κ3) is 4.35. The van der Waals surface area contributed by atoms with Gasteiger partial charge in [-0.3, -0.25) is 0 Å². The molecule has 1 fully saturated rings. The van der Waals surface area contributed by atoms with Gasteiger partial charge in [-0.05, 0) is 48.2 Å². The molecule has 1 saturated carbocycles. The van der Waals surface area contributed by atoms with Gasteiger partial charge >= 0.3 is 0 Å². The zero-order chi connectivity index (χ0) is 14.5. The third-order valence-corrected chi connectivity index (χ3v) is 4.64. The van der Waals surface area contributed by atoms with Crippen molar-refractivity contribution in [3.63, 3.8) is 0 Å². The molecule has 2 nitrogen and oxygen atoms in total. The smallest absolute Gasteiger partial charge is 0.0991 e. The van der Waals surface area contributed by atoms with Crippen LogP contribution in [0.3, 0.4) is 0 Å². The summed E-state index contributed by atoms with van der Waals surface area (Å²) in [5.74, 6) is 0.898. The minimum Gasteiger partial charge on any atom is -0.310 e. The number of nitriles is 1. The molecule has 1 N–H and O–H groups in total. The Hall–Kier alpha value is -1.76. The lowest BCUT2D eigenvalue weighted by molar-refractivity contribution is 0.687. The largest absolute Gasteiger partial charge is 0.310 e. The topological polar surface area (TPSA) is 35.8 Å². The maximum Gasteiger partial charge on any atom is 0.0991 e. The summed E-state index contributed by atoms with van der Waals surface area (Å²) in [5, 5.41) is 12.4. The number of hydrogen-bond acceptors (Lipinski definition) is 3. The molecule has 2 aromatic rings.